The lowest BCUT2D eigenvalue weighted by molar-refractivity contribution is -0.123. The van der Waals surface area contributed by atoms with E-state index in [0.717, 1.165) is 0 Å². The number of aromatic nitrogens is 1. The summed E-state index contributed by atoms with van der Waals surface area (Å²) in [4.78, 5) is 28.2. The summed E-state index contributed by atoms with van der Waals surface area (Å²) in [5.41, 5.74) is 1.00. The van der Waals surface area contributed by atoms with Gasteiger partial charge in [0.15, 0.2) is 16.9 Å². The molecule has 0 saturated heterocycles. The number of esters is 1. The molecule has 1 heterocycles. The molecule has 0 bridgehead atoms. The van der Waals surface area contributed by atoms with Crippen LogP contribution in [0.3, 0.4) is 0 Å². The van der Waals surface area contributed by atoms with Crippen LogP contribution in [-0.4, -0.2) is 29.5 Å². The fourth-order valence-corrected chi connectivity index (χ4v) is 2.48. The lowest BCUT2D eigenvalue weighted by Crippen LogP contribution is -2.30. The first kappa shape index (κ1) is 18.2. The summed E-state index contributed by atoms with van der Waals surface area (Å²) >= 11 is 1.26. The molecule has 0 saturated carbocycles. The molecule has 1 atom stereocenters. The summed E-state index contributed by atoms with van der Waals surface area (Å²) in [5.74, 6) is -1.18. The third-order valence-corrected chi connectivity index (χ3v) is 3.82. The Morgan fingerprint density at radius 3 is 3.04 bits per heavy atom. The Morgan fingerprint density at radius 1 is 1.52 bits per heavy atom. The van der Waals surface area contributed by atoms with Gasteiger partial charge in [-0.1, -0.05) is 12.1 Å². The third-order valence-electron chi connectivity index (χ3n) is 3.02. The number of rotatable bonds is 7. The molecule has 0 unspecified atom stereocenters. The molecule has 128 valence electrons. The molecule has 1 aromatic carbocycles. The van der Waals surface area contributed by atoms with E-state index < -0.39 is 18.0 Å². The SMILES string of the molecule is C=CCNc1nc(C(=O)O[C@H](C)C(=O)Nc2cccc(C#N)c2)cs1. The van der Waals surface area contributed by atoms with Crippen LogP contribution < -0.4 is 10.6 Å². The minimum atomic E-state index is -1.01. The molecule has 2 N–H and O–H groups in total. The van der Waals surface area contributed by atoms with E-state index in [2.05, 4.69) is 22.2 Å². The monoisotopic (exact) mass is 356 g/mol. The summed E-state index contributed by atoms with van der Waals surface area (Å²) in [6.45, 7) is 5.58. The number of thiazole rings is 1. The van der Waals surface area contributed by atoms with E-state index in [0.29, 0.717) is 22.9 Å². The molecule has 7 nitrogen and oxygen atoms in total. The molecular weight excluding hydrogens is 340 g/mol. The number of hydrogen-bond donors (Lipinski definition) is 2. The number of anilines is 2. The smallest absolute Gasteiger partial charge is 0.358 e. The Bertz CT molecular complexity index is 825. The van der Waals surface area contributed by atoms with Gasteiger partial charge < -0.3 is 15.4 Å². The van der Waals surface area contributed by atoms with Crippen LogP contribution in [0.1, 0.15) is 23.0 Å². The van der Waals surface area contributed by atoms with Crippen LogP contribution >= 0.6 is 11.3 Å². The Labute approximate surface area is 149 Å². The second-order valence-electron chi connectivity index (χ2n) is 4.94. The largest absolute Gasteiger partial charge is 0.448 e. The number of nitrogens with one attached hydrogen (secondary N) is 2. The van der Waals surface area contributed by atoms with Crippen molar-refractivity contribution in [3.8, 4) is 6.07 Å². The van der Waals surface area contributed by atoms with Crippen molar-refractivity contribution in [3.05, 3.63) is 53.6 Å². The van der Waals surface area contributed by atoms with Crippen molar-refractivity contribution in [2.45, 2.75) is 13.0 Å². The van der Waals surface area contributed by atoms with E-state index in [1.165, 1.54) is 24.3 Å². The van der Waals surface area contributed by atoms with Gasteiger partial charge in [0.2, 0.25) is 0 Å². The van der Waals surface area contributed by atoms with E-state index in [1.807, 2.05) is 6.07 Å². The number of hydrogen-bond acceptors (Lipinski definition) is 7. The molecule has 2 rings (SSSR count). The van der Waals surface area contributed by atoms with Crippen LogP contribution in [0, 0.1) is 11.3 Å². The van der Waals surface area contributed by atoms with Crippen molar-refractivity contribution < 1.29 is 14.3 Å². The normalized spacial score (nSPS) is 11.0. The van der Waals surface area contributed by atoms with Crippen LogP contribution in [-0.2, 0) is 9.53 Å². The quantitative estimate of drug-likeness (QED) is 0.584. The first-order valence-corrected chi connectivity index (χ1v) is 8.23. The maximum absolute atomic E-state index is 12.1. The lowest BCUT2D eigenvalue weighted by Gasteiger charge is -2.12. The highest BCUT2D eigenvalue weighted by molar-refractivity contribution is 7.13. The minimum Gasteiger partial charge on any atom is -0.448 e. The Kier molecular flexibility index (Phi) is 6.26. The average molecular weight is 356 g/mol. The summed E-state index contributed by atoms with van der Waals surface area (Å²) in [5, 5.41) is 16.5. The zero-order valence-electron chi connectivity index (χ0n) is 13.5. The van der Waals surface area contributed by atoms with Gasteiger partial charge in [0.05, 0.1) is 11.6 Å². The van der Waals surface area contributed by atoms with E-state index in [1.54, 1.807) is 29.7 Å². The van der Waals surface area contributed by atoms with E-state index in [-0.39, 0.29) is 5.69 Å². The van der Waals surface area contributed by atoms with Gasteiger partial charge in [-0.15, -0.1) is 17.9 Å². The van der Waals surface area contributed by atoms with Crippen LogP contribution in [0.2, 0.25) is 0 Å². The molecule has 1 aromatic heterocycles. The van der Waals surface area contributed by atoms with Crippen LogP contribution in [0.4, 0.5) is 10.8 Å². The van der Waals surface area contributed by atoms with Gasteiger partial charge in [0.25, 0.3) is 5.91 Å². The number of carbonyl (C=O) groups is 2. The van der Waals surface area contributed by atoms with Gasteiger partial charge in [0, 0.05) is 17.6 Å². The molecule has 1 amide bonds. The molecule has 0 aliphatic carbocycles. The fourth-order valence-electron chi connectivity index (χ4n) is 1.79. The van der Waals surface area contributed by atoms with Crippen molar-refractivity contribution in [1.82, 2.24) is 4.98 Å². The van der Waals surface area contributed by atoms with Crippen molar-refractivity contribution in [1.29, 1.82) is 5.26 Å². The van der Waals surface area contributed by atoms with Gasteiger partial charge in [-0.3, -0.25) is 4.79 Å². The summed E-state index contributed by atoms with van der Waals surface area (Å²) in [7, 11) is 0. The summed E-state index contributed by atoms with van der Waals surface area (Å²) < 4.78 is 5.13. The van der Waals surface area contributed by atoms with Gasteiger partial charge in [0.1, 0.15) is 0 Å². The third kappa shape index (κ3) is 5.16. The summed E-state index contributed by atoms with van der Waals surface area (Å²) in [6.07, 6.45) is 0.664. The number of benzene rings is 1. The van der Waals surface area contributed by atoms with E-state index >= 15 is 0 Å². The standard InChI is InChI=1S/C17H16N4O3S/c1-3-7-19-17-21-14(10-25-17)16(23)24-11(2)15(22)20-13-6-4-5-12(8-13)9-18/h3-6,8,10-11H,1,7H2,2H3,(H,19,21)(H,20,22)/t11-/m1/s1. The highest BCUT2D eigenvalue weighted by Gasteiger charge is 2.21. The maximum Gasteiger partial charge on any atom is 0.358 e. The van der Waals surface area contributed by atoms with Crippen molar-refractivity contribution in [2.24, 2.45) is 0 Å². The number of ether oxygens (including phenoxy) is 1. The highest BCUT2D eigenvalue weighted by Crippen LogP contribution is 2.17. The lowest BCUT2D eigenvalue weighted by atomic mass is 10.2. The number of amides is 1. The second kappa shape index (κ2) is 8.61. The highest BCUT2D eigenvalue weighted by atomic mass is 32.1. The molecular formula is C17H16N4O3S. The Balaban J connectivity index is 1.93. The molecule has 0 aliphatic rings. The van der Waals surface area contributed by atoms with Crippen LogP contribution in [0.15, 0.2) is 42.3 Å². The van der Waals surface area contributed by atoms with Crippen molar-refractivity contribution in [3.63, 3.8) is 0 Å². The molecule has 0 fully saturated rings. The van der Waals surface area contributed by atoms with Gasteiger partial charge in [-0.25, -0.2) is 9.78 Å². The molecule has 25 heavy (non-hydrogen) atoms. The predicted molar refractivity (Wildman–Crippen MR) is 95.5 cm³/mol. The zero-order valence-corrected chi connectivity index (χ0v) is 14.3. The Morgan fingerprint density at radius 2 is 2.32 bits per heavy atom. The summed E-state index contributed by atoms with van der Waals surface area (Å²) in [6, 6.07) is 8.44. The molecule has 2 aromatic rings. The molecule has 0 spiro atoms. The number of carbonyl (C=O) groups excluding carboxylic acids is 2. The first-order valence-electron chi connectivity index (χ1n) is 7.35. The van der Waals surface area contributed by atoms with E-state index in [9.17, 15) is 9.59 Å². The van der Waals surface area contributed by atoms with Crippen molar-refractivity contribution in [2.75, 3.05) is 17.2 Å². The van der Waals surface area contributed by atoms with Crippen LogP contribution in [0.25, 0.3) is 0 Å². The van der Waals surface area contributed by atoms with Gasteiger partial charge in [-0.2, -0.15) is 5.26 Å². The van der Waals surface area contributed by atoms with Gasteiger partial charge in [-0.05, 0) is 25.1 Å². The minimum absolute atomic E-state index is 0.127. The average Bonchev–Trinajstić information content (AvgIpc) is 3.09. The molecule has 0 aliphatic heterocycles. The van der Waals surface area contributed by atoms with Crippen LogP contribution in [0.5, 0.6) is 0 Å². The number of nitriles is 1. The van der Waals surface area contributed by atoms with Gasteiger partial charge >= 0.3 is 5.97 Å². The first-order chi connectivity index (χ1) is 12.0. The second-order valence-corrected chi connectivity index (χ2v) is 5.79. The number of nitrogens with zero attached hydrogens (tertiary/aromatic N) is 2. The molecule has 8 heteroatoms. The molecule has 0 radical (unpaired) electrons. The zero-order chi connectivity index (χ0) is 18.2. The predicted octanol–water partition coefficient (Wildman–Crippen LogP) is 2.80. The fraction of sp³-hybridized carbons (Fsp3) is 0.176. The topological polar surface area (TPSA) is 104 Å². The van der Waals surface area contributed by atoms with Crippen molar-refractivity contribution >= 4 is 34.0 Å². The van der Waals surface area contributed by atoms with E-state index in [4.69, 9.17) is 10.00 Å². The maximum atomic E-state index is 12.1. The Hall–Kier alpha value is -3.18.